The van der Waals surface area contributed by atoms with E-state index in [0.29, 0.717) is 38.7 Å². The van der Waals surface area contributed by atoms with Crippen LogP contribution in [0.1, 0.15) is 72.9 Å². The Morgan fingerprint density at radius 1 is 0.650 bits per heavy atom. The summed E-state index contributed by atoms with van der Waals surface area (Å²) in [5.74, 6) is 11.3. The normalized spacial score (nSPS) is 12.0. The van der Waals surface area contributed by atoms with Crippen LogP contribution in [0, 0.1) is 37.5 Å². The maximum atomic E-state index is 10.8. The van der Waals surface area contributed by atoms with Crippen molar-refractivity contribution in [2.24, 2.45) is 0 Å². The zero-order valence-corrected chi connectivity index (χ0v) is 38.7. The number of hydrogen-bond acceptors (Lipinski definition) is 9. The van der Waals surface area contributed by atoms with E-state index in [2.05, 4.69) is 95.7 Å². The third-order valence-corrected chi connectivity index (χ3v) is 11.4. The fraction of sp³-hybridized carbons (Fsp3) is 0.362. The number of aryl methyl sites for hydroxylation is 2. The number of aliphatic carboxylic acids is 2. The van der Waals surface area contributed by atoms with E-state index in [1.54, 1.807) is 60.3 Å². The molecule has 60 heavy (non-hydrogen) atoms. The second-order valence-electron chi connectivity index (χ2n) is 13.9. The summed E-state index contributed by atoms with van der Waals surface area (Å²) in [6.45, 7) is 9.11. The molecule has 0 spiro atoms. The van der Waals surface area contributed by atoms with Gasteiger partial charge < -0.3 is 24.6 Å². The van der Waals surface area contributed by atoms with Gasteiger partial charge in [0, 0.05) is 50.1 Å². The number of carboxylic acids is 2. The molecule has 0 radical (unpaired) electrons. The van der Waals surface area contributed by atoms with E-state index in [1.807, 2.05) is 33.8 Å². The number of carboxylic acid groups (broad SMARTS) is 2. The van der Waals surface area contributed by atoms with Gasteiger partial charge in [-0.05, 0) is 151 Å². The van der Waals surface area contributed by atoms with Crippen LogP contribution in [-0.4, -0.2) is 96.2 Å². The van der Waals surface area contributed by atoms with E-state index < -0.39 is 25.2 Å². The molecule has 0 aliphatic heterocycles. The smallest absolute Gasteiger partial charge is 0.341 e. The van der Waals surface area contributed by atoms with Crippen LogP contribution in [0.2, 0.25) is 10.0 Å². The molecule has 320 valence electrons. The summed E-state index contributed by atoms with van der Waals surface area (Å²) in [5.41, 5.74) is 5.10. The van der Waals surface area contributed by atoms with E-state index in [9.17, 15) is 9.59 Å². The molecule has 0 atom stereocenters. The Morgan fingerprint density at radius 3 is 1.52 bits per heavy atom. The van der Waals surface area contributed by atoms with Crippen LogP contribution < -0.4 is 9.47 Å². The number of likely N-dealkylation sites (N-methyl/N-ethyl adjacent to an activating group) is 2. The Kier molecular flexibility index (Phi) is 21.8. The minimum atomic E-state index is -1.04. The van der Waals surface area contributed by atoms with Crippen molar-refractivity contribution < 1.29 is 29.3 Å². The number of hydrogen-bond donors (Lipinski definition) is 2. The minimum Gasteiger partial charge on any atom is -0.481 e. The van der Waals surface area contributed by atoms with E-state index in [1.165, 1.54) is 25.7 Å². The van der Waals surface area contributed by atoms with Gasteiger partial charge in [-0.3, -0.25) is 0 Å². The molecule has 2 N–H and O–H groups in total. The quantitative estimate of drug-likeness (QED) is 0.0934. The van der Waals surface area contributed by atoms with Crippen LogP contribution in [0.4, 0.5) is 0 Å². The second-order valence-corrected chi connectivity index (χ2v) is 17.3. The molecule has 5 rings (SSSR count). The standard InChI is InChI=1S/C23H24ClNO3S.C22H25ClN2O3S.C2H6/c1-16-7-11-21(29-25(2)20-5-3-4-6-20)14-17(16)8-9-18-13-19(24)10-12-22(18)28-15-23(26)27;1-16-5-9-20(29-25(4)12-11-24(2)3)14-17(16)6-7-18-13-19(23)8-10-21(18)28-15-22(26)27;1-2/h7,10-14,20H,3-6,15H2,1-2H3,(H,26,27);5,8-10,13-14H,11-12,15H2,1-4H3,(H,26,27);1-2H3. The summed E-state index contributed by atoms with van der Waals surface area (Å²) in [4.78, 5) is 26.0. The number of rotatable bonds is 14. The average molecular weight is 893 g/mol. The van der Waals surface area contributed by atoms with Crippen molar-refractivity contribution >= 4 is 59.0 Å². The van der Waals surface area contributed by atoms with Gasteiger partial charge in [0.15, 0.2) is 13.2 Å². The van der Waals surface area contributed by atoms with Gasteiger partial charge in [0.05, 0.1) is 11.1 Å². The molecular weight excluding hydrogens is 838 g/mol. The molecule has 13 heteroatoms. The molecule has 1 aliphatic carbocycles. The lowest BCUT2D eigenvalue weighted by molar-refractivity contribution is -0.140. The van der Waals surface area contributed by atoms with Crippen molar-refractivity contribution in [3.8, 4) is 35.2 Å². The van der Waals surface area contributed by atoms with Crippen LogP contribution in [0.15, 0.2) is 82.6 Å². The summed E-state index contributed by atoms with van der Waals surface area (Å²) in [7, 11) is 8.34. The van der Waals surface area contributed by atoms with E-state index in [4.69, 9.17) is 42.9 Å². The zero-order chi connectivity index (χ0) is 44.2. The Hall–Kier alpha value is -4.30. The van der Waals surface area contributed by atoms with Crippen LogP contribution in [0.5, 0.6) is 11.5 Å². The topological polar surface area (TPSA) is 103 Å². The van der Waals surface area contributed by atoms with Crippen LogP contribution in [0.3, 0.4) is 0 Å². The van der Waals surface area contributed by atoms with Crippen molar-refractivity contribution in [1.82, 2.24) is 13.5 Å². The molecule has 9 nitrogen and oxygen atoms in total. The third kappa shape index (κ3) is 17.7. The fourth-order valence-electron chi connectivity index (χ4n) is 5.66. The number of halogens is 2. The average Bonchev–Trinajstić information content (AvgIpc) is 3.76. The lowest BCUT2D eigenvalue weighted by atomic mass is 10.1. The number of nitrogens with zero attached hydrogens (tertiary/aromatic N) is 3. The predicted molar refractivity (Wildman–Crippen MR) is 248 cm³/mol. The van der Waals surface area contributed by atoms with Gasteiger partial charge in [0.1, 0.15) is 11.5 Å². The molecule has 0 amide bonds. The Morgan fingerprint density at radius 2 is 1.08 bits per heavy atom. The van der Waals surface area contributed by atoms with Crippen molar-refractivity contribution in [3.63, 3.8) is 0 Å². The highest BCUT2D eigenvalue weighted by atomic mass is 35.5. The highest BCUT2D eigenvalue weighted by molar-refractivity contribution is 7.97. The molecule has 0 saturated heterocycles. The first kappa shape index (κ1) is 50.1. The molecule has 1 fully saturated rings. The molecule has 4 aromatic rings. The number of carbonyl (C=O) groups is 2. The Balaban J connectivity index is 0.000000308. The molecule has 0 bridgehead atoms. The van der Waals surface area contributed by atoms with Crippen LogP contribution in [-0.2, 0) is 9.59 Å². The Bertz CT molecular complexity index is 2170. The molecular formula is C47H55Cl2N3O6S2. The Labute approximate surface area is 375 Å². The van der Waals surface area contributed by atoms with Gasteiger partial charge in [0.2, 0.25) is 0 Å². The first-order valence-electron chi connectivity index (χ1n) is 19.6. The first-order valence-corrected chi connectivity index (χ1v) is 22.0. The number of ether oxygens (including phenoxy) is 2. The third-order valence-electron chi connectivity index (χ3n) is 8.88. The maximum Gasteiger partial charge on any atom is 0.341 e. The lowest BCUT2D eigenvalue weighted by Crippen LogP contribution is -2.24. The lowest BCUT2D eigenvalue weighted by Gasteiger charge is -2.22. The highest BCUT2D eigenvalue weighted by Crippen LogP contribution is 2.32. The molecule has 1 aliphatic rings. The van der Waals surface area contributed by atoms with Crippen LogP contribution >= 0.6 is 47.1 Å². The first-order chi connectivity index (χ1) is 28.7. The summed E-state index contributed by atoms with van der Waals surface area (Å²) in [6.07, 6.45) is 5.14. The van der Waals surface area contributed by atoms with Crippen LogP contribution in [0.25, 0.3) is 0 Å². The van der Waals surface area contributed by atoms with Gasteiger partial charge in [0.25, 0.3) is 0 Å². The molecule has 0 heterocycles. The molecule has 1 saturated carbocycles. The number of benzene rings is 4. The second kappa shape index (κ2) is 26.1. The zero-order valence-electron chi connectivity index (χ0n) is 35.6. The molecule has 0 aromatic heterocycles. The van der Waals surface area contributed by atoms with Gasteiger partial charge in [-0.1, -0.05) is 85.7 Å². The van der Waals surface area contributed by atoms with E-state index in [0.717, 1.165) is 45.1 Å². The minimum absolute atomic E-state index is 0.399. The van der Waals surface area contributed by atoms with E-state index in [-0.39, 0.29) is 0 Å². The highest BCUT2D eigenvalue weighted by Gasteiger charge is 2.20. The summed E-state index contributed by atoms with van der Waals surface area (Å²) in [5, 5.41) is 18.7. The van der Waals surface area contributed by atoms with E-state index >= 15 is 0 Å². The summed E-state index contributed by atoms with van der Waals surface area (Å²) < 4.78 is 15.2. The van der Waals surface area contributed by atoms with Gasteiger partial charge >= 0.3 is 11.9 Å². The molecule has 0 unspecified atom stereocenters. The fourth-order valence-corrected chi connectivity index (χ4v) is 7.83. The maximum absolute atomic E-state index is 10.8. The van der Waals surface area contributed by atoms with Crippen molar-refractivity contribution in [1.29, 1.82) is 0 Å². The van der Waals surface area contributed by atoms with Crippen molar-refractivity contribution in [2.45, 2.75) is 69.2 Å². The monoisotopic (exact) mass is 891 g/mol. The predicted octanol–water partition coefficient (Wildman–Crippen LogP) is 10.4. The SMILES string of the molecule is CC.Cc1ccc(SN(C)C2CCCC2)cc1C#Cc1cc(Cl)ccc1OCC(=O)O.Cc1ccc(SN(C)CCN(C)C)cc1C#Cc1cc(Cl)ccc1OCC(=O)O. The summed E-state index contributed by atoms with van der Waals surface area (Å²) >= 11 is 15.6. The van der Waals surface area contributed by atoms with Crippen molar-refractivity contribution in [2.75, 3.05) is 54.5 Å². The summed E-state index contributed by atoms with van der Waals surface area (Å²) in [6, 6.07) is 23.1. The molecule has 4 aromatic carbocycles. The van der Waals surface area contributed by atoms with Gasteiger partial charge in [-0.25, -0.2) is 18.2 Å². The van der Waals surface area contributed by atoms with Gasteiger partial charge in [-0.15, -0.1) is 0 Å². The van der Waals surface area contributed by atoms with Crippen molar-refractivity contribution in [3.05, 3.63) is 116 Å². The largest absolute Gasteiger partial charge is 0.481 e. The van der Waals surface area contributed by atoms with Gasteiger partial charge in [-0.2, -0.15) is 0 Å².